The molecule has 4 rings (SSSR count). The van der Waals surface area contributed by atoms with E-state index in [9.17, 15) is 14.7 Å². The molecule has 1 aromatic heterocycles. The van der Waals surface area contributed by atoms with Crippen LogP contribution in [0.2, 0.25) is 5.02 Å². The van der Waals surface area contributed by atoms with Gasteiger partial charge in [0.1, 0.15) is 17.6 Å². The lowest BCUT2D eigenvalue weighted by Crippen LogP contribution is -2.30. The van der Waals surface area contributed by atoms with Crippen molar-refractivity contribution in [2.24, 2.45) is 0 Å². The molecule has 1 saturated heterocycles. The van der Waals surface area contributed by atoms with Crippen LogP contribution in [0.4, 0.5) is 5.69 Å². The van der Waals surface area contributed by atoms with Gasteiger partial charge in [-0.2, -0.15) is 0 Å². The van der Waals surface area contributed by atoms with Crippen molar-refractivity contribution >= 4 is 34.7 Å². The number of furan rings is 1. The first-order valence-electron chi connectivity index (χ1n) is 9.62. The number of carbonyl (C=O) groups is 2. The summed E-state index contributed by atoms with van der Waals surface area (Å²) in [5.74, 6) is -1.37. The number of hydrogen-bond acceptors (Lipinski definition) is 4. The number of rotatable bonds is 4. The highest BCUT2D eigenvalue weighted by Crippen LogP contribution is 2.44. The van der Waals surface area contributed by atoms with Crippen molar-refractivity contribution in [1.29, 1.82) is 0 Å². The van der Waals surface area contributed by atoms with Crippen molar-refractivity contribution in [3.63, 3.8) is 0 Å². The van der Waals surface area contributed by atoms with Crippen LogP contribution in [0.5, 0.6) is 0 Å². The third kappa shape index (κ3) is 3.21. The van der Waals surface area contributed by atoms with Crippen LogP contribution in [0.25, 0.3) is 5.76 Å². The zero-order valence-electron chi connectivity index (χ0n) is 16.6. The van der Waals surface area contributed by atoms with Crippen LogP contribution in [-0.4, -0.2) is 16.8 Å². The predicted octanol–water partition coefficient (Wildman–Crippen LogP) is 5.43. The normalized spacial score (nSPS) is 18.2. The summed E-state index contributed by atoms with van der Waals surface area (Å²) in [6, 6.07) is 14.9. The first kappa shape index (κ1) is 20.0. The number of amides is 1. The first-order chi connectivity index (χ1) is 14.4. The second-order valence-electron chi connectivity index (χ2n) is 7.12. The maximum absolute atomic E-state index is 13.1. The van der Waals surface area contributed by atoms with Crippen molar-refractivity contribution in [1.82, 2.24) is 0 Å². The SMILES string of the molecule is CCc1ccc(/C(O)=C2/C(=O)C(=O)N(c3cccc(Cl)c3C)C2c2ccco2)cc1. The molecule has 30 heavy (non-hydrogen) atoms. The van der Waals surface area contributed by atoms with Crippen molar-refractivity contribution in [2.45, 2.75) is 26.3 Å². The minimum Gasteiger partial charge on any atom is -0.507 e. The maximum atomic E-state index is 13.1. The molecule has 1 atom stereocenters. The summed E-state index contributed by atoms with van der Waals surface area (Å²) in [4.78, 5) is 27.5. The van der Waals surface area contributed by atoms with Gasteiger partial charge in [0.15, 0.2) is 0 Å². The smallest absolute Gasteiger partial charge is 0.300 e. The number of anilines is 1. The van der Waals surface area contributed by atoms with Crippen LogP contribution in [-0.2, 0) is 16.0 Å². The van der Waals surface area contributed by atoms with Crippen molar-refractivity contribution in [3.8, 4) is 0 Å². The number of halogens is 1. The van der Waals surface area contributed by atoms with Gasteiger partial charge in [-0.25, -0.2) is 0 Å². The van der Waals surface area contributed by atoms with Crippen LogP contribution in [0.3, 0.4) is 0 Å². The molecule has 0 bridgehead atoms. The number of carbonyl (C=O) groups excluding carboxylic acids is 2. The third-order valence-electron chi connectivity index (χ3n) is 5.39. The summed E-state index contributed by atoms with van der Waals surface area (Å²) in [5, 5.41) is 11.5. The average molecular weight is 422 g/mol. The largest absolute Gasteiger partial charge is 0.507 e. The molecule has 0 saturated carbocycles. The third-order valence-corrected chi connectivity index (χ3v) is 5.80. The van der Waals surface area contributed by atoms with Crippen molar-refractivity contribution in [2.75, 3.05) is 4.90 Å². The molecule has 0 aliphatic carbocycles. The monoisotopic (exact) mass is 421 g/mol. The van der Waals surface area contributed by atoms with Crippen molar-refractivity contribution < 1.29 is 19.1 Å². The minimum absolute atomic E-state index is 0.0152. The van der Waals surface area contributed by atoms with E-state index in [-0.39, 0.29) is 11.3 Å². The number of aliphatic hydroxyl groups excluding tert-OH is 1. The van der Waals surface area contributed by atoms with E-state index in [1.54, 1.807) is 49.4 Å². The van der Waals surface area contributed by atoms with Gasteiger partial charge in [0.25, 0.3) is 11.7 Å². The van der Waals surface area contributed by atoms with Crippen LogP contribution in [0, 0.1) is 6.92 Å². The number of hydrogen-bond donors (Lipinski definition) is 1. The summed E-state index contributed by atoms with van der Waals surface area (Å²) in [6.45, 7) is 3.81. The van der Waals surface area contributed by atoms with Crippen LogP contribution in [0.1, 0.15) is 35.4 Å². The molecule has 152 valence electrons. The van der Waals surface area contributed by atoms with E-state index in [0.29, 0.717) is 27.6 Å². The zero-order chi connectivity index (χ0) is 21.4. The Morgan fingerprint density at radius 3 is 2.47 bits per heavy atom. The average Bonchev–Trinajstić information content (AvgIpc) is 3.37. The molecular formula is C24H20ClNO4. The molecule has 6 heteroatoms. The number of aryl methyl sites for hydroxylation is 1. The fourth-order valence-electron chi connectivity index (χ4n) is 3.71. The predicted molar refractivity (Wildman–Crippen MR) is 115 cm³/mol. The van der Waals surface area contributed by atoms with Gasteiger partial charge in [-0.3, -0.25) is 14.5 Å². The maximum Gasteiger partial charge on any atom is 0.300 e. The summed E-state index contributed by atoms with van der Waals surface area (Å²) in [5.41, 5.74) is 2.70. The van der Waals surface area contributed by atoms with E-state index in [1.165, 1.54) is 11.2 Å². The molecule has 2 aromatic carbocycles. The Hall–Kier alpha value is -3.31. The van der Waals surface area contributed by atoms with Gasteiger partial charge in [0.2, 0.25) is 0 Å². The number of Topliss-reactive ketones (excluding diaryl/α,β-unsaturated/α-hetero) is 1. The quantitative estimate of drug-likeness (QED) is 0.346. The zero-order valence-corrected chi connectivity index (χ0v) is 17.3. The molecule has 2 heterocycles. The Morgan fingerprint density at radius 2 is 1.83 bits per heavy atom. The van der Waals surface area contributed by atoms with Crippen LogP contribution < -0.4 is 4.90 Å². The summed E-state index contributed by atoms with van der Waals surface area (Å²) >= 11 is 6.26. The summed E-state index contributed by atoms with van der Waals surface area (Å²) < 4.78 is 5.56. The fraction of sp³-hybridized carbons (Fsp3) is 0.167. The Balaban J connectivity index is 1.93. The Morgan fingerprint density at radius 1 is 1.10 bits per heavy atom. The molecule has 1 aliphatic rings. The molecule has 0 spiro atoms. The Bertz CT molecular complexity index is 1150. The topological polar surface area (TPSA) is 70.8 Å². The van der Waals surface area contributed by atoms with E-state index >= 15 is 0 Å². The van der Waals surface area contributed by atoms with Crippen LogP contribution in [0.15, 0.2) is 70.9 Å². The highest BCUT2D eigenvalue weighted by molar-refractivity contribution is 6.52. The molecule has 0 radical (unpaired) electrons. The molecule has 5 nitrogen and oxygen atoms in total. The highest BCUT2D eigenvalue weighted by Gasteiger charge is 2.48. The molecule has 1 unspecified atom stereocenters. The van der Waals surface area contributed by atoms with E-state index in [4.69, 9.17) is 16.0 Å². The second kappa shape index (κ2) is 7.84. The van der Waals surface area contributed by atoms with Gasteiger partial charge in [0.05, 0.1) is 11.8 Å². The number of aliphatic hydroxyl groups is 1. The Kier molecular flexibility index (Phi) is 5.22. The number of benzene rings is 2. The molecule has 1 amide bonds. The second-order valence-corrected chi connectivity index (χ2v) is 7.53. The Labute approximate surface area is 179 Å². The lowest BCUT2D eigenvalue weighted by molar-refractivity contribution is -0.132. The van der Waals surface area contributed by atoms with E-state index in [1.807, 2.05) is 19.1 Å². The minimum atomic E-state index is -0.900. The van der Waals surface area contributed by atoms with Crippen LogP contribution >= 0.6 is 11.6 Å². The standard InChI is InChI=1S/C24H20ClNO4/c1-3-15-9-11-16(12-10-15)22(27)20-21(19-8-5-13-30-19)26(24(29)23(20)28)18-7-4-6-17(25)14(18)2/h4-13,21,27H,3H2,1-2H3/b22-20-. The van der Waals surface area contributed by atoms with E-state index in [2.05, 4.69) is 0 Å². The molecule has 1 N–H and O–H groups in total. The van der Waals surface area contributed by atoms with Gasteiger partial charge in [0, 0.05) is 16.3 Å². The molecule has 1 fully saturated rings. The lowest BCUT2D eigenvalue weighted by Gasteiger charge is -2.25. The van der Waals surface area contributed by atoms with E-state index in [0.717, 1.165) is 12.0 Å². The molecule has 3 aromatic rings. The first-order valence-corrected chi connectivity index (χ1v) is 10.0. The summed E-state index contributed by atoms with van der Waals surface area (Å²) in [7, 11) is 0. The van der Waals surface area contributed by atoms with Gasteiger partial charge < -0.3 is 9.52 Å². The van der Waals surface area contributed by atoms with Gasteiger partial charge in [-0.15, -0.1) is 0 Å². The van der Waals surface area contributed by atoms with Gasteiger partial charge in [-0.1, -0.05) is 48.9 Å². The fourth-order valence-corrected chi connectivity index (χ4v) is 3.88. The van der Waals surface area contributed by atoms with Crippen molar-refractivity contribution in [3.05, 3.63) is 93.9 Å². The number of ketones is 1. The van der Waals surface area contributed by atoms with Gasteiger partial charge >= 0.3 is 0 Å². The molecular weight excluding hydrogens is 402 g/mol. The number of nitrogens with zero attached hydrogens (tertiary/aromatic N) is 1. The lowest BCUT2D eigenvalue weighted by atomic mass is 9.98. The highest BCUT2D eigenvalue weighted by atomic mass is 35.5. The molecule has 1 aliphatic heterocycles. The van der Waals surface area contributed by atoms with Gasteiger partial charge in [-0.05, 0) is 48.7 Å². The van der Waals surface area contributed by atoms with E-state index < -0.39 is 17.7 Å². The summed E-state index contributed by atoms with van der Waals surface area (Å²) in [6.07, 6.45) is 2.32.